The van der Waals surface area contributed by atoms with Gasteiger partial charge in [-0.25, -0.2) is 0 Å². The van der Waals surface area contributed by atoms with Crippen LogP contribution in [0.1, 0.15) is 32.6 Å². The molecule has 82 valence electrons. The minimum Gasteiger partial charge on any atom is -0.480 e. The van der Waals surface area contributed by atoms with E-state index in [0.29, 0.717) is 19.3 Å². The Morgan fingerprint density at radius 2 is 1.93 bits per heavy atom. The molecule has 0 saturated carbocycles. The quantitative estimate of drug-likeness (QED) is 0.543. The Morgan fingerprint density at radius 3 is 2.29 bits per heavy atom. The number of primary amides is 1. The van der Waals surface area contributed by atoms with E-state index in [1.807, 2.05) is 6.92 Å². The van der Waals surface area contributed by atoms with E-state index in [1.165, 1.54) is 0 Å². The number of rotatable bonds is 7. The molecule has 0 aliphatic rings. The number of nitrogens with two attached hydrogens (primary N) is 2. The second-order valence-corrected chi connectivity index (χ2v) is 3.47. The first-order valence-electron chi connectivity index (χ1n) is 4.74. The van der Waals surface area contributed by atoms with Crippen LogP contribution >= 0.6 is 0 Å². The van der Waals surface area contributed by atoms with Crippen LogP contribution in [-0.2, 0) is 9.59 Å². The number of carbonyl (C=O) groups excluding carboxylic acids is 1. The smallest absolute Gasteiger partial charge is 0.320 e. The second kappa shape index (κ2) is 6.37. The standard InChI is InChI=1S/C9H18N2O3/c1-2-6(5-8(11)12)3-4-7(10)9(13)14/h6-7H,2-5,10H2,1H3,(H2,11,12)(H,13,14). The summed E-state index contributed by atoms with van der Waals surface area (Å²) in [6.07, 6.45) is 2.14. The maximum absolute atomic E-state index is 10.6. The normalized spacial score (nSPS) is 14.7. The van der Waals surface area contributed by atoms with Gasteiger partial charge in [-0.1, -0.05) is 13.3 Å². The summed E-state index contributed by atoms with van der Waals surface area (Å²) in [5, 5.41) is 8.53. The van der Waals surface area contributed by atoms with Crippen LogP contribution in [0, 0.1) is 5.92 Å². The van der Waals surface area contributed by atoms with Crippen LogP contribution in [0.4, 0.5) is 0 Å². The third kappa shape index (κ3) is 5.53. The van der Waals surface area contributed by atoms with Crippen molar-refractivity contribution in [1.82, 2.24) is 0 Å². The average Bonchev–Trinajstić information content (AvgIpc) is 2.10. The molecule has 0 rings (SSSR count). The van der Waals surface area contributed by atoms with E-state index in [2.05, 4.69) is 0 Å². The molecule has 0 aromatic carbocycles. The Bertz CT molecular complexity index is 206. The number of carbonyl (C=O) groups is 2. The fourth-order valence-corrected chi connectivity index (χ4v) is 1.27. The van der Waals surface area contributed by atoms with Gasteiger partial charge < -0.3 is 16.6 Å². The molecule has 0 fully saturated rings. The number of amides is 1. The molecule has 0 aliphatic carbocycles. The minimum atomic E-state index is -1.00. The van der Waals surface area contributed by atoms with Crippen molar-refractivity contribution in [1.29, 1.82) is 0 Å². The lowest BCUT2D eigenvalue weighted by molar-refractivity contribution is -0.138. The molecular weight excluding hydrogens is 184 g/mol. The third-order valence-corrected chi connectivity index (χ3v) is 2.27. The largest absolute Gasteiger partial charge is 0.480 e. The summed E-state index contributed by atoms with van der Waals surface area (Å²) < 4.78 is 0. The molecule has 0 bridgehead atoms. The monoisotopic (exact) mass is 202 g/mol. The molecule has 0 spiro atoms. The van der Waals surface area contributed by atoms with E-state index in [1.54, 1.807) is 0 Å². The highest BCUT2D eigenvalue weighted by molar-refractivity contribution is 5.74. The number of carboxylic acid groups (broad SMARTS) is 1. The first kappa shape index (κ1) is 12.9. The average molecular weight is 202 g/mol. The molecule has 0 heterocycles. The topological polar surface area (TPSA) is 106 Å². The highest BCUT2D eigenvalue weighted by Gasteiger charge is 2.15. The summed E-state index contributed by atoms with van der Waals surface area (Å²) in [5.74, 6) is -1.20. The molecular formula is C9H18N2O3. The minimum absolute atomic E-state index is 0.151. The van der Waals surface area contributed by atoms with E-state index in [-0.39, 0.29) is 11.8 Å². The van der Waals surface area contributed by atoms with Crippen LogP contribution < -0.4 is 11.5 Å². The molecule has 2 unspecified atom stereocenters. The summed E-state index contributed by atoms with van der Waals surface area (Å²) in [7, 11) is 0. The lowest BCUT2D eigenvalue weighted by Crippen LogP contribution is -2.30. The second-order valence-electron chi connectivity index (χ2n) is 3.47. The van der Waals surface area contributed by atoms with Gasteiger partial charge in [0.05, 0.1) is 0 Å². The molecule has 5 N–H and O–H groups in total. The zero-order valence-electron chi connectivity index (χ0n) is 8.40. The summed E-state index contributed by atoms with van der Waals surface area (Å²) in [6, 6.07) is -0.836. The molecule has 1 amide bonds. The summed E-state index contributed by atoms with van der Waals surface area (Å²) in [6.45, 7) is 1.94. The van der Waals surface area contributed by atoms with Gasteiger partial charge in [0.2, 0.25) is 5.91 Å². The Kier molecular flexibility index (Phi) is 5.87. The van der Waals surface area contributed by atoms with E-state index in [4.69, 9.17) is 16.6 Å². The summed E-state index contributed by atoms with van der Waals surface area (Å²) in [5.41, 5.74) is 10.4. The maximum Gasteiger partial charge on any atom is 0.320 e. The Morgan fingerprint density at radius 1 is 1.36 bits per heavy atom. The molecule has 0 aromatic rings. The van der Waals surface area contributed by atoms with Crippen LogP contribution in [0.25, 0.3) is 0 Å². The van der Waals surface area contributed by atoms with Gasteiger partial charge in [0.1, 0.15) is 6.04 Å². The van der Waals surface area contributed by atoms with Crippen LogP contribution in [0.3, 0.4) is 0 Å². The number of hydrogen-bond donors (Lipinski definition) is 3. The molecule has 0 aromatic heterocycles. The molecule has 14 heavy (non-hydrogen) atoms. The number of aliphatic carboxylic acids is 1. The number of carboxylic acids is 1. The van der Waals surface area contributed by atoms with Gasteiger partial charge in [-0.15, -0.1) is 0 Å². The Balaban J connectivity index is 3.83. The van der Waals surface area contributed by atoms with Crippen LogP contribution in [0.15, 0.2) is 0 Å². The molecule has 0 saturated heterocycles. The molecule has 0 aliphatic heterocycles. The first-order chi connectivity index (χ1) is 6.47. The van der Waals surface area contributed by atoms with Crippen molar-refractivity contribution >= 4 is 11.9 Å². The predicted octanol–water partition coefficient (Wildman–Crippen LogP) is 0.0801. The van der Waals surface area contributed by atoms with Crippen LogP contribution in [-0.4, -0.2) is 23.0 Å². The highest BCUT2D eigenvalue weighted by atomic mass is 16.4. The predicted molar refractivity (Wildman–Crippen MR) is 52.4 cm³/mol. The SMILES string of the molecule is CCC(CCC(N)C(=O)O)CC(N)=O. The molecule has 2 atom stereocenters. The molecule has 5 nitrogen and oxygen atoms in total. The number of hydrogen-bond acceptors (Lipinski definition) is 3. The van der Waals surface area contributed by atoms with Gasteiger partial charge in [-0.3, -0.25) is 9.59 Å². The van der Waals surface area contributed by atoms with E-state index in [0.717, 1.165) is 6.42 Å². The van der Waals surface area contributed by atoms with Crippen molar-refractivity contribution in [3.05, 3.63) is 0 Å². The van der Waals surface area contributed by atoms with Gasteiger partial charge in [0, 0.05) is 6.42 Å². The first-order valence-corrected chi connectivity index (χ1v) is 4.74. The van der Waals surface area contributed by atoms with E-state index >= 15 is 0 Å². The van der Waals surface area contributed by atoms with Crippen molar-refractivity contribution in [2.45, 2.75) is 38.6 Å². The van der Waals surface area contributed by atoms with Crippen molar-refractivity contribution in [3.8, 4) is 0 Å². The summed E-state index contributed by atoms with van der Waals surface area (Å²) in [4.78, 5) is 21.0. The highest BCUT2D eigenvalue weighted by Crippen LogP contribution is 2.15. The molecule has 0 radical (unpaired) electrons. The van der Waals surface area contributed by atoms with Crippen LogP contribution in [0.2, 0.25) is 0 Å². The van der Waals surface area contributed by atoms with Gasteiger partial charge in [-0.2, -0.15) is 0 Å². The van der Waals surface area contributed by atoms with E-state index in [9.17, 15) is 9.59 Å². The van der Waals surface area contributed by atoms with Crippen molar-refractivity contribution in [2.24, 2.45) is 17.4 Å². The van der Waals surface area contributed by atoms with Crippen molar-refractivity contribution in [3.63, 3.8) is 0 Å². The van der Waals surface area contributed by atoms with Crippen molar-refractivity contribution in [2.75, 3.05) is 0 Å². The van der Waals surface area contributed by atoms with Gasteiger partial charge >= 0.3 is 5.97 Å². The van der Waals surface area contributed by atoms with Gasteiger partial charge in [0.15, 0.2) is 0 Å². The fraction of sp³-hybridized carbons (Fsp3) is 0.778. The fourth-order valence-electron chi connectivity index (χ4n) is 1.27. The Labute approximate surface area is 83.5 Å². The summed E-state index contributed by atoms with van der Waals surface area (Å²) >= 11 is 0. The van der Waals surface area contributed by atoms with Gasteiger partial charge in [0.25, 0.3) is 0 Å². The van der Waals surface area contributed by atoms with Gasteiger partial charge in [-0.05, 0) is 18.8 Å². The van der Waals surface area contributed by atoms with E-state index < -0.39 is 12.0 Å². The van der Waals surface area contributed by atoms with Crippen LogP contribution in [0.5, 0.6) is 0 Å². The third-order valence-electron chi connectivity index (χ3n) is 2.27. The lowest BCUT2D eigenvalue weighted by Gasteiger charge is -2.13. The zero-order valence-corrected chi connectivity index (χ0v) is 8.40. The molecule has 5 heteroatoms. The maximum atomic E-state index is 10.6. The zero-order chi connectivity index (χ0) is 11.1. The lowest BCUT2D eigenvalue weighted by atomic mass is 9.94. The Hall–Kier alpha value is -1.10. The van der Waals surface area contributed by atoms with Crippen molar-refractivity contribution < 1.29 is 14.7 Å².